The van der Waals surface area contributed by atoms with Crippen LogP contribution in [0, 0.1) is 3.57 Å². The predicted octanol–water partition coefficient (Wildman–Crippen LogP) is 3.91. The van der Waals surface area contributed by atoms with Crippen molar-refractivity contribution in [1.29, 1.82) is 0 Å². The van der Waals surface area contributed by atoms with Crippen LogP contribution in [0.25, 0.3) is 0 Å². The van der Waals surface area contributed by atoms with E-state index in [1.165, 1.54) is 6.92 Å². The highest BCUT2D eigenvalue weighted by molar-refractivity contribution is 14.1. The van der Waals surface area contributed by atoms with E-state index in [0.717, 1.165) is 8.04 Å². The second-order valence-electron chi connectivity index (χ2n) is 2.28. The quantitative estimate of drug-likeness (QED) is 0.422. The molecule has 64 valence electrons. The smallest absolute Gasteiger partial charge is 0.160 e. The molecule has 0 N–H and O–H groups in total. The molecule has 0 aromatic heterocycles. The average molecular weight is 359 g/mol. The molecule has 1 nitrogen and oxygen atoms in total. The molecule has 0 saturated carbocycles. The Balaban J connectivity index is 3.36. The van der Waals surface area contributed by atoms with E-state index in [9.17, 15) is 4.79 Å². The lowest BCUT2D eigenvalue weighted by atomic mass is 10.2. The van der Waals surface area contributed by atoms with Crippen LogP contribution in [-0.2, 0) is 0 Å². The Bertz CT molecular complexity index is 338. The molecular weight excluding hydrogens is 354 g/mol. The third-order valence-electron chi connectivity index (χ3n) is 1.41. The number of halogens is 3. The fourth-order valence-electron chi connectivity index (χ4n) is 0.798. The Labute approximate surface area is 97.8 Å². The van der Waals surface area contributed by atoms with E-state index in [4.69, 9.17) is 11.6 Å². The normalized spacial score (nSPS) is 10.0. The summed E-state index contributed by atoms with van der Waals surface area (Å²) >= 11 is 11.2. The molecule has 1 rings (SSSR count). The molecule has 0 amide bonds. The van der Waals surface area contributed by atoms with Crippen LogP contribution >= 0.6 is 50.1 Å². The minimum absolute atomic E-state index is 0.0526. The minimum Gasteiger partial charge on any atom is -0.294 e. The zero-order valence-corrected chi connectivity index (χ0v) is 10.7. The number of hydrogen-bond acceptors (Lipinski definition) is 1. The fraction of sp³-hybridized carbons (Fsp3) is 0.125. The zero-order chi connectivity index (χ0) is 9.30. The van der Waals surface area contributed by atoms with Gasteiger partial charge in [-0.2, -0.15) is 0 Å². The number of carbonyl (C=O) groups is 1. The maximum atomic E-state index is 11.1. The van der Waals surface area contributed by atoms with E-state index in [1.807, 2.05) is 0 Å². The minimum atomic E-state index is 0.0526. The van der Waals surface area contributed by atoms with Gasteiger partial charge in [-0.25, -0.2) is 0 Å². The van der Waals surface area contributed by atoms with Crippen LogP contribution < -0.4 is 0 Å². The van der Waals surface area contributed by atoms with Crippen molar-refractivity contribution in [2.45, 2.75) is 6.92 Å². The molecule has 0 unspecified atom stereocenters. The van der Waals surface area contributed by atoms with E-state index < -0.39 is 0 Å². The molecule has 0 spiro atoms. The van der Waals surface area contributed by atoms with Crippen molar-refractivity contribution in [2.24, 2.45) is 0 Å². The number of benzene rings is 1. The van der Waals surface area contributed by atoms with Crippen molar-refractivity contribution in [3.63, 3.8) is 0 Å². The van der Waals surface area contributed by atoms with Gasteiger partial charge < -0.3 is 0 Å². The first kappa shape index (κ1) is 10.5. The van der Waals surface area contributed by atoms with Crippen LogP contribution in [0.5, 0.6) is 0 Å². The summed E-state index contributed by atoms with van der Waals surface area (Å²) in [5.74, 6) is 0.0526. The highest BCUT2D eigenvalue weighted by atomic mass is 127. The van der Waals surface area contributed by atoms with Crippen LogP contribution in [0.15, 0.2) is 16.6 Å². The van der Waals surface area contributed by atoms with E-state index in [0.29, 0.717) is 10.6 Å². The Morgan fingerprint density at radius 2 is 2.17 bits per heavy atom. The van der Waals surface area contributed by atoms with Gasteiger partial charge in [0.2, 0.25) is 0 Å². The highest BCUT2D eigenvalue weighted by Crippen LogP contribution is 2.30. The van der Waals surface area contributed by atoms with Gasteiger partial charge in [-0.3, -0.25) is 4.79 Å². The molecule has 0 heterocycles. The Hall–Kier alpha value is 0.390. The standard InChI is InChI=1S/C8H5BrClIO/c1-4(12)5-2-3-6(10)7(9)8(5)11/h2-3H,1H3. The average Bonchev–Trinajstić information content (AvgIpc) is 2.00. The first-order valence-electron chi connectivity index (χ1n) is 3.18. The Morgan fingerprint density at radius 3 is 2.67 bits per heavy atom. The molecule has 0 radical (unpaired) electrons. The van der Waals surface area contributed by atoms with E-state index >= 15 is 0 Å². The van der Waals surface area contributed by atoms with Crippen molar-refractivity contribution >= 4 is 55.9 Å². The van der Waals surface area contributed by atoms with Gasteiger partial charge in [0.1, 0.15) is 0 Å². The summed E-state index contributed by atoms with van der Waals surface area (Å²) in [6, 6.07) is 3.45. The number of ketones is 1. The number of carbonyl (C=O) groups excluding carboxylic acids is 1. The van der Waals surface area contributed by atoms with Gasteiger partial charge in [0.15, 0.2) is 5.78 Å². The largest absolute Gasteiger partial charge is 0.294 e. The summed E-state index contributed by atoms with van der Waals surface area (Å²) in [6.45, 7) is 1.54. The maximum Gasteiger partial charge on any atom is 0.160 e. The van der Waals surface area contributed by atoms with Gasteiger partial charge in [-0.05, 0) is 57.6 Å². The van der Waals surface area contributed by atoms with Crippen molar-refractivity contribution in [3.05, 3.63) is 30.8 Å². The van der Waals surface area contributed by atoms with Crippen LogP contribution in [0.3, 0.4) is 0 Å². The zero-order valence-electron chi connectivity index (χ0n) is 6.20. The molecular formula is C8H5BrClIO. The maximum absolute atomic E-state index is 11.1. The summed E-state index contributed by atoms with van der Waals surface area (Å²) in [7, 11) is 0. The lowest BCUT2D eigenvalue weighted by molar-refractivity contribution is 0.101. The molecule has 0 aliphatic heterocycles. The SMILES string of the molecule is CC(=O)c1ccc(Cl)c(Br)c1I. The summed E-state index contributed by atoms with van der Waals surface area (Å²) in [4.78, 5) is 11.1. The molecule has 0 aliphatic rings. The summed E-state index contributed by atoms with van der Waals surface area (Å²) in [5.41, 5.74) is 0.701. The van der Waals surface area contributed by atoms with Crippen LogP contribution in [0.1, 0.15) is 17.3 Å². The molecule has 0 fully saturated rings. The van der Waals surface area contributed by atoms with Gasteiger partial charge in [0.05, 0.1) is 9.50 Å². The highest BCUT2D eigenvalue weighted by Gasteiger charge is 2.10. The second kappa shape index (κ2) is 4.07. The summed E-state index contributed by atoms with van der Waals surface area (Å²) in [5, 5.41) is 0.629. The van der Waals surface area contributed by atoms with E-state index in [-0.39, 0.29) is 5.78 Å². The second-order valence-corrected chi connectivity index (χ2v) is 4.56. The molecule has 1 aromatic rings. The van der Waals surface area contributed by atoms with Gasteiger partial charge in [0, 0.05) is 9.13 Å². The summed E-state index contributed by atoms with van der Waals surface area (Å²) < 4.78 is 1.66. The van der Waals surface area contributed by atoms with E-state index in [1.54, 1.807) is 12.1 Å². The molecule has 0 bridgehead atoms. The topological polar surface area (TPSA) is 17.1 Å². The third-order valence-corrected chi connectivity index (χ3v) is 4.64. The molecule has 0 atom stereocenters. The molecule has 12 heavy (non-hydrogen) atoms. The number of hydrogen-bond donors (Lipinski definition) is 0. The van der Waals surface area contributed by atoms with Crippen LogP contribution in [-0.4, -0.2) is 5.78 Å². The summed E-state index contributed by atoms with van der Waals surface area (Å²) in [6.07, 6.45) is 0. The van der Waals surface area contributed by atoms with E-state index in [2.05, 4.69) is 38.5 Å². The lowest BCUT2D eigenvalue weighted by Gasteiger charge is -2.03. The lowest BCUT2D eigenvalue weighted by Crippen LogP contribution is -1.96. The van der Waals surface area contributed by atoms with Gasteiger partial charge in [-0.1, -0.05) is 11.6 Å². The third kappa shape index (κ3) is 2.00. The van der Waals surface area contributed by atoms with Crippen molar-refractivity contribution in [1.82, 2.24) is 0 Å². The van der Waals surface area contributed by atoms with Crippen LogP contribution in [0.2, 0.25) is 5.02 Å². The van der Waals surface area contributed by atoms with Gasteiger partial charge in [-0.15, -0.1) is 0 Å². The Morgan fingerprint density at radius 1 is 1.58 bits per heavy atom. The van der Waals surface area contributed by atoms with Crippen molar-refractivity contribution < 1.29 is 4.79 Å². The fourth-order valence-corrected chi connectivity index (χ4v) is 2.31. The predicted molar refractivity (Wildman–Crippen MR) is 61.9 cm³/mol. The number of Topliss-reactive ketones (excluding diaryl/α,β-unsaturated/α-hetero) is 1. The Kier molecular flexibility index (Phi) is 3.55. The molecule has 0 aliphatic carbocycles. The van der Waals surface area contributed by atoms with Gasteiger partial charge >= 0.3 is 0 Å². The van der Waals surface area contributed by atoms with Gasteiger partial charge in [0.25, 0.3) is 0 Å². The number of rotatable bonds is 1. The van der Waals surface area contributed by atoms with Crippen LogP contribution in [0.4, 0.5) is 0 Å². The molecule has 4 heteroatoms. The monoisotopic (exact) mass is 358 g/mol. The van der Waals surface area contributed by atoms with Crippen molar-refractivity contribution in [2.75, 3.05) is 0 Å². The van der Waals surface area contributed by atoms with Crippen molar-refractivity contribution in [3.8, 4) is 0 Å². The molecule has 1 aromatic carbocycles. The first-order valence-corrected chi connectivity index (χ1v) is 5.43. The first-order chi connectivity index (χ1) is 5.54. The molecule has 0 saturated heterocycles.